The molecule has 9 heteroatoms. The Labute approximate surface area is 132 Å². The zero-order valence-electron chi connectivity index (χ0n) is 12.5. The predicted octanol–water partition coefficient (Wildman–Crippen LogP) is 3.36. The highest BCUT2D eigenvalue weighted by molar-refractivity contribution is 7.92. The lowest BCUT2D eigenvalue weighted by molar-refractivity contribution is -0.137. The van der Waals surface area contributed by atoms with E-state index in [0.29, 0.717) is 6.54 Å². The van der Waals surface area contributed by atoms with E-state index in [-0.39, 0.29) is 16.5 Å². The van der Waals surface area contributed by atoms with Crippen LogP contribution in [0.1, 0.15) is 19.4 Å². The van der Waals surface area contributed by atoms with Crippen LogP contribution in [0.25, 0.3) is 0 Å². The number of alkyl halides is 3. The molecule has 0 atom stereocenters. The number of sulfonamides is 1. The minimum atomic E-state index is -4.54. The lowest BCUT2D eigenvalue weighted by Crippen LogP contribution is -2.13. The number of nitrogens with zero attached hydrogens (tertiary/aromatic N) is 2. The van der Waals surface area contributed by atoms with Crippen molar-refractivity contribution in [2.75, 3.05) is 4.72 Å². The maximum Gasteiger partial charge on any atom is 0.416 e. The maximum absolute atomic E-state index is 12.7. The minimum Gasteiger partial charge on any atom is -0.280 e. The van der Waals surface area contributed by atoms with Gasteiger partial charge in [0.2, 0.25) is 0 Å². The monoisotopic (exact) mass is 347 g/mol. The van der Waals surface area contributed by atoms with Crippen molar-refractivity contribution in [1.29, 1.82) is 0 Å². The van der Waals surface area contributed by atoms with E-state index in [1.165, 1.54) is 23.1 Å². The van der Waals surface area contributed by atoms with Crippen LogP contribution in [0.5, 0.6) is 0 Å². The zero-order valence-corrected chi connectivity index (χ0v) is 13.3. The van der Waals surface area contributed by atoms with Crippen molar-refractivity contribution < 1.29 is 21.6 Å². The fourth-order valence-corrected chi connectivity index (χ4v) is 2.93. The smallest absolute Gasteiger partial charge is 0.280 e. The molecule has 0 saturated carbocycles. The summed E-state index contributed by atoms with van der Waals surface area (Å²) in [6.45, 7) is 4.45. The van der Waals surface area contributed by atoms with Gasteiger partial charge in [0.1, 0.15) is 4.90 Å². The van der Waals surface area contributed by atoms with Crippen LogP contribution >= 0.6 is 0 Å². The van der Waals surface area contributed by atoms with Gasteiger partial charge in [0, 0.05) is 18.4 Å². The summed E-state index contributed by atoms with van der Waals surface area (Å²) in [5, 5.41) is 3.94. The summed E-state index contributed by atoms with van der Waals surface area (Å²) < 4.78 is 66.0. The molecule has 126 valence electrons. The number of anilines is 1. The molecule has 1 aromatic carbocycles. The first-order valence-corrected chi connectivity index (χ1v) is 8.29. The molecule has 0 saturated heterocycles. The van der Waals surface area contributed by atoms with Gasteiger partial charge in [0.05, 0.1) is 11.8 Å². The van der Waals surface area contributed by atoms with Gasteiger partial charge in [0.15, 0.2) is 0 Å². The number of benzene rings is 1. The second-order valence-corrected chi connectivity index (χ2v) is 7.16. The number of nitrogens with one attached hydrogen (secondary N) is 1. The Morgan fingerprint density at radius 3 is 2.61 bits per heavy atom. The van der Waals surface area contributed by atoms with E-state index in [4.69, 9.17) is 0 Å². The normalized spacial score (nSPS) is 12.6. The third-order valence-electron chi connectivity index (χ3n) is 2.91. The van der Waals surface area contributed by atoms with Gasteiger partial charge in [-0.2, -0.15) is 18.3 Å². The Kier molecular flexibility index (Phi) is 4.69. The number of hydrogen-bond donors (Lipinski definition) is 1. The molecule has 2 rings (SSSR count). The van der Waals surface area contributed by atoms with Crippen molar-refractivity contribution in [3.05, 3.63) is 42.2 Å². The van der Waals surface area contributed by atoms with Gasteiger partial charge in [-0.05, 0) is 24.1 Å². The van der Waals surface area contributed by atoms with Gasteiger partial charge in [0.25, 0.3) is 10.0 Å². The van der Waals surface area contributed by atoms with E-state index in [2.05, 4.69) is 9.82 Å². The first-order valence-electron chi connectivity index (χ1n) is 6.80. The molecular formula is C14H16F3N3O2S. The van der Waals surface area contributed by atoms with Crippen molar-refractivity contribution in [3.63, 3.8) is 0 Å². The van der Waals surface area contributed by atoms with Crippen molar-refractivity contribution in [2.45, 2.75) is 31.5 Å². The highest BCUT2D eigenvalue weighted by atomic mass is 32.2. The van der Waals surface area contributed by atoms with Crippen LogP contribution in [0.2, 0.25) is 0 Å². The first-order chi connectivity index (χ1) is 10.6. The topological polar surface area (TPSA) is 64.0 Å². The summed E-state index contributed by atoms with van der Waals surface area (Å²) in [6.07, 6.45) is -2.03. The summed E-state index contributed by atoms with van der Waals surface area (Å²) in [5.41, 5.74) is -1.08. The van der Waals surface area contributed by atoms with Crippen LogP contribution in [0, 0.1) is 5.92 Å². The van der Waals surface area contributed by atoms with Gasteiger partial charge < -0.3 is 0 Å². The molecule has 2 aromatic rings. The van der Waals surface area contributed by atoms with Crippen LogP contribution < -0.4 is 4.72 Å². The maximum atomic E-state index is 12.7. The molecular weight excluding hydrogens is 331 g/mol. The number of hydrogen-bond acceptors (Lipinski definition) is 3. The fourth-order valence-electron chi connectivity index (χ4n) is 1.93. The Morgan fingerprint density at radius 2 is 2.00 bits per heavy atom. The van der Waals surface area contributed by atoms with Gasteiger partial charge in [-0.3, -0.25) is 9.40 Å². The largest absolute Gasteiger partial charge is 0.416 e. The Morgan fingerprint density at radius 1 is 1.30 bits per heavy atom. The highest BCUT2D eigenvalue weighted by Crippen LogP contribution is 2.31. The van der Waals surface area contributed by atoms with Gasteiger partial charge in [-0.1, -0.05) is 19.9 Å². The predicted molar refractivity (Wildman–Crippen MR) is 79.3 cm³/mol. The second-order valence-electron chi connectivity index (χ2n) is 5.48. The highest BCUT2D eigenvalue weighted by Gasteiger charge is 2.30. The first kappa shape index (κ1) is 17.3. The van der Waals surface area contributed by atoms with Crippen LogP contribution in [0.3, 0.4) is 0 Å². The third kappa shape index (κ3) is 4.47. The van der Waals surface area contributed by atoms with E-state index in [1.54, 1.807) is 0 Å². The second kappa shape index (κ2) is 6.23. The molecule has 1 N–H and O–H groups in total. The average Bonchev–Trinajstić information content (AvgIpc) is 2.86. The summed E-state index contributed by atoms with van der Waals surface area (Å²) in [6, 6.07) is 4.02. The molecule has 0 radical (unpaired) electrons. The van der Waals surface area contributed by atoms with E-state index < -0.39 is 21.8 Å². The van der Waals surface area contributed by atoms with Crippen molar-refractivity contribution in [2.24, 2.45) is 5.92 Å². The van der Waals surface area contributed by atoms with Gasteiger partial charge in [-0.15, -0.1) is 0 Å². The van der Waals surface area contributed by atoms with E-state index in [9.17, 15) is 21.6 Å². The van der Waals surface area contributed by atoms with E-state index in [1.807, 2.05) is 13.8 Å². The molecule has 0 aliphatic rings. The molecule has 0 aliphatic heterocycles. The number of aromatic nitrogens is 2. The molecule has 0 amide bonds. The van der Waals surface area contributed by atoms with Crippen LogP contribution in [0.15, 0.2) is 41.6 Å². The fraction of sp³-hybridized carbons (Fsp3) is 0.357. The molecule has 0 aliphatic carbocycles. The number of rotatable bonds is 5. The molecule has 0 spiro atoms. The van der Waals surface area contributed by atoms with E-state index >= 15 is 0 Å². The van der Waals surface area contributed by atoms with Crippen LogP contribution in [0.4, 0.5) is 18.9 Å². The van der Waals surface area contributed by atoms with Crippen LogP contribution in [-0.2, 0) is 22.7 Å². The minimum absolute atomic E-state index is 0.101. The van der Waals surface area contributed by atoms with Gasteiger partial charge in [-0.25, -0.2) is 8.42 Å². The van der Waals surface area contributed by atoms with E-state index in [0.717, 1.165) is 18.2 Å². The van der Waals surface area contributed by atoms with Crippen molar-refractivity contribution >= 4 is 15.7 Å². The third-order valence-corrected chi connectivity index (χ3v) is 4.25. The molecule has 0 bridgehead atoms. The lowest BCUT2D eigenvalue weighted by Gasteiger charge is -2.10. The molecule has 1 aromatic heterocycles. The summed E-state index contributed by atoms with van der Waals surface area (Å²) in [7, 11) is -3.99. The van der Waals surface area contributed by atoms with Crippen molar-refractivity contribution in [3.8, 4) is 0 Å². The number of halogens is 3. The molecule has 23 heavy (non-hydrogen) atoms. The molecule has 0 unspecified atom stereocenters. The van der Waals surface area contributed by atoms with Gasteiger partial charge >= 0.3 is 6.18 Å². The summed E-state index contributed by atoms with van der Waals surface area (Å²) in [5.74, 6) is 0.280. The molecule has 5 nitrogen and oxygen atoms in total. The molecule has 1 heterocycles. The summed E-state index contributed by atoms with van der Waals surface area (Å²) >= 11 is 0. The van der Waals surface area contributed by atoms with Crippen LogP contribution in [-0.4, -0.2) is 18.2 Å². The Balaban J connectivity index is 2.23. The quantitative estimate of drug-likeness (QED) is 0.902. The summed E-state index contributed by atoms with van der Waals surface area (Å²) in [4.78, 5) is -0.101. The Hall–Kier alpha value is -2.03. The Bertz CT molecular complexity index is 783. The SMILES string of the molecule is CC(C)Cn1cc(S(=O)(=O)Nc2cccc(C(F)(F)F)c2)cn1. The standard InChI is InChI=1S/C14H16F3N3O2S/c1-10(2)8-20-9-13(7-18-20)23(21,22)19-12-5-3-4-11(6-12)14(15,16)17/h3-7,9-10,19H,8H2,1-2H3. The zero-order chi connectivity index (χ0) is 17.3. The average molecular weight is 347 g/mol. The molecule has 0 fully saturated rings. The van der Waals surface area contributed by atoms with Crippen molar-refractivity contribution in [1.82, 2.24) is 9.78 Å². The lowest BCUT2D eigenvalue weighted by atomic mass is 10.2.